The number of hydrogen-bond donors (Lipinski definition) is 1. The number of halogens is 1. The van der Waals surface area contributed by atoms with Gasteiger partial charge in [-0.2, -0.15) is 0 Å². The zero-order valence-electron chi connectivity index (χ0n) is 14.7. The molecular weight excluding hydrogens is 338 g/mol. The van der Waals surface area contributed by atoms with Gasteiger partial charge in [0.2, 0.25) is 5.91 Å². The third-order valence-electron chi connectivity index (χ3n) is 5.13. The third-order valence-corrected chi connectivity index (χ3v) is 5.13. The molecule has 0 aromatic heterocycles. The van der Waals surface area contributed by atoms with Crippen LogP contribution in [0.3, 0.4) is 0 Å². The quantitative estimate of drug-likeness (QED) is 0.809. The molecule has 0 spiro atoms. The normalized spacial score (nSPS) is 19.3. The highest BCUT2D eigenvalue weighted by atomic mass is 35.5. The van der Waals surface area contributed by atoms with Crippen molar-refractivity contribution < 1.29 is 9.59 Å². The maximum Gasteiger partial charge on any atom is 0.223 e. The molecule has 0 unspecified atom stereocenters. The van der Waals surface area contributed by atoms with E-state index in [2.05, 4.69) is 10.2 Å². The average molecular weight is 366 g/mol. The lowest BCUT2D eigenvalue weighted by Gasteiger charge is -2.32. The summed E-state index contributed by atoms with van der Waals surface area (Å²) < 4.78 is 0. The lowest BCUT2D eigenvalue weighted by Crippen LogP contribution is -2.47. The van der Waals surface area contributed by atoms with Crippen LogP contribution >= 0.6 is 12.4 Å². The van der Waals surface area contributed by atoms with Gasteiger partial charge in [0.05, 0.1) is 0 Å². The first-order valence-electron chi connectivity index (χ1n) is 9.04. The van der Waals surface area contributed by atoms with E-state index in [1.54, 1.807) is 0 Å². The van der Waals surface area contributed by atoms with Gasteiger partial charge in [-0.3, -0.25) is 9.59 Å². The highest BCUT2D eigenvalue weighted by Crippen LogP contribution is 2.22. The minimum Gasteiger partial charge on any atom is -0.340 e. The molecule has 1 aromatic carbocycles. The maximum absolute atomic E-state index is 12.5. The van der Waals surface area contributed by atoms with Gasteiger partial charge in [-0.15, -0.1) is 12.4 Å². The van der Waals surface area contributed by atoms with Crippen LogP contribution in [0.2, 0.25) is 0 Å². The van der Waals surface area contributed by atoms with E-state index >= 15 is 0 Å². The molecule has 0 bridgehead atoms. The number of carbonyl (C=O) groups is 2. The van der Waals surface area contributed by atoms with E-state index in [0.717, 1.165) is 64.2 Å². The Hall–Kier alpha value is -1.43. The molecule has 2 aliphatic heterocycles. The molecule has 3 rings (SSSR count). The van der Waals surface area contributed by atoms with Crippen molar-refractivity contribution in [3.63, 3.8) is 0 Å². The molecule has 2 saturated heterocycles. The van der Waals surface area contributed by atoms with Gasteiger partial charge in [0, 0.05) is 50.6 Å². The molecule has 25 heavy (non-hydrogen) atoms. The summed E-state index contributed by atoms with van der Waals surface area (Å²) in [7, 11) is 0. The molecule has 138 valence electrons. The molecule has 0 atom stereocenters. The van der Waals surface area contributed by atoms with Gasteiger partial charge < -0.3 is 15.1 Å². The first-order valence-corrected chi connectivity index (χ1v) is 9.04. The van der Waals surface area contributed by atoms with E-state index in [9.17, 15) is 9.59 Å². The molecule has 6 heteroatoms. The number of rotatable bonds is 5. The van der Waals surface area contributed by atoms with Crippen molar-refractivity contribution in [1.29, 1.82) is 0 Å². The summed E-state index contributed by atoms with van der Waals surface area (Å²) >= 11 is 0. The largest absolute Gasteiger partial charge is 0.340 e. The Bertz CT molecular complexity index is 553. The maximum atomic E-state index is 12.5. The monoisotopic (exact) mass is 365 g/mol. The van der Waals surface area contributed by atoms with Crippen LogP contribution in [-0.2, 0) is 4.79 Å². The second-order valence-electron chi connectivity index (χ2n) is 6.73. The molecule has 2 heterocycles. The number of nitrogens with one attached hydrogen (secondary N) is 1. The van der Waals surface area contributed by atoms with Crippen LogP contribution in [0.25, 0.3) is 0 Å². The molecule has 0 saturated carbocycles. The van der Waals surface area contributed by atoms with E-state index in [1.807, 2.05) is 35.2 Å². The predicted molar refractivity (Wildman–Crippen MR) is 101 cm³/mol. The van der Waals surface area contributed by atoms with Crippen LogP contribution in [0.15, 0.2) is 30.3 Å². The molecule has 0 radical (unpaired) electrons. The number of hydrogen-bond acceptors (Lipinski definition) is 4. The SMILES string of the molecule is Cl.O=C(c1ccccc1)C1CCN(CCC(=O)N2CCNCC2)CC1. The third kappa shape index (κ3) is 5.53. The van der Waals surface area contributed by atoms with Gasteiger partial charge in [-0.25, -0.2) is 0 Å². The van der Waals surface area contributed by atoms with Crippen molar-refractivity contribution in [1.82, 2.24) is 15.1 Å². The fraction of sp³-hybridized carbons (Fsp3) is 0.579. The Morgan fingerprint density at radius 2 is 1.64 bits per heavy atom. The second-order valence-corrected chi connectivity index (χ2v) is 6.73. The molecule has 2 aliphatic rings. The van der Waals surface area contributed by atoms with Crippen LogP contribution in [0.1, 0.15) is 29.6 Å². The van der Waals surface area contributed by atoms with Crippen molar-refractivity contribution in [2.24, 2.45) is 5.92 Å². The van der Waals surface area contributed by atoms with Crippen molar-refractivity contribution in [3.8, 4) is 0 Å². The number of benzene rings is 1. The molecule has 5 nitrogen and oxygen atoms in total. The van der Waals surface area contributed by atoms with Gasteiger partial charge in [0.1, 0.15) is 0 Å². The summed E-state index contributed by atoms with van der Waals surface area (Å²) in [4.78, 5) is 29.0. The number of carbonyl (C=O) groups excluding carboxylic acids is 2. The Kier molecular flexibility index (Phi) is 7.88. The highest BCUT2D eigenvalue weighted by molar-refractivity contribution is 5.97. The van der Waals surface area contributed by atoms with E-state index in [4.69, 9.17) is 0 Å². The number of piperidine rings is 1. The Morgan fingerprint density at radius 3 is 2.28 bits per heavy atom. The summed E-state index contributed by atoms with van der Waals surface area (Å²) in [6.45, 7) is 6.10. The van der Waals surface area contributed by atoms with Gasteiger partial charge in [0.25, 0.3) is 0 Å². The smallest absolute Gasteiger partial charge is 0.223 e. The van der Waals surface area contributed by atoms with Crippen LogP contribution in [0.4, 0.5) is 0 Å². The second kappa shape index (κ2) is 9.90. The van der Waals surface area contributed by atoms with Crippen molar-refractivity contribution in [2.45, 2.75) is 19.3 Å². The van der Waals surface area contributed by atoms with E-state index in [0.29, 0.717) is 6.42 Å². The molecule has 0 aliphatic carbocycles. The average Bonchev–Trinajstić information content (AvgIpc) is 2.67. The molecule has 1 aromatic rings. The summed E-state index contributed by atoms with van der Waals surface area (Å²) in [6, 6.07) is 9.59. The number of nitrogens with zero attached hydrogens (tertiary/aromatic N) is 2. The zero-order chi connectivity index (χ0) is 16.8. The van der Waals surface area contributed by atoms with E-state index < -0.39 is 0 Å². The van der Waals surface area contributed by atoms with Gasteiger partial charge in [-0.05, 0) is 25.9 Å². The van der Waals surface area contributed by atoms with Gasteiger partial charge in [-0.1, -0.05) is 30.3 Å². The summed E-state index contributed by atoms with van der Waals surface area (Å²) in [5.41, 5.74) is 0.824. The van der Waals surface area contributed by atoms with E-state index in [-0.39, 0.29) is 30.0 Å². The van der Waals surface area contributed by atoms with E-state index in [1.165, 1.54) is 0 Å². The van der Waals surface area contributed by atoms with Crippen LogP contribution < -0.4 is 5.32 Å². The number of likely N-dealkylation sites (tertiary alicyclic amines) is 1. The standard InChI is InChI=1S/C19H27N3O2.ClH/c23-18(22-14-9-20-10-15-22)8-13-21-11-6-17(7-12-21)19(24)16-4-2-1-3-5-16;/h1-5,17,20H,6-15H2;1H. The van der Waals surface area contributed by atoms with Crippen LogP contribution in [-0.4, -0.2) is 67.3 Å². The number of Topliss-reactive ketones (excluding diaryl/α,β-unsaturated/α-hetero) is 1. The molecule has 1 amide bonds. The lowest BCUT2D eigenvalue weighted by atomic mass is 9.89. The molecule has 2 fully saturated rings. The van der Waals surface area contributed by atoms with Crippen LogP contribution in [0.5, 0.6) is 0 Å². The van der Waals surface area contributed by atoms with Gasteiger partial charge >= 0.3 is 0 Å². The summed E-state index contributed by atoms with van der Waals surface area (Å²) in [6.07, 6.45) is 2.39. The van der Waals surface area contributed by atoms with Gasteiger partial charge in [0.15, 0.2) is 5.78 Å². The van der Waals surface area contributed by atoms with Crippen LogP contribution in [0, 0.1) is 5.92 Å². The minimum absolute atomic E-state index is 0. The summed E-state index contributed by atoms with van der Waals surface area (Å²) in [5, 5.41) is 3.27. The fourth-order valence-corrected chi connectivity index (χ4v) is 3.58. The first kappa shape index (κ1) is 19.9. The number of ketones is 1. The first-order chi connectivity index (χ1) is 11.7. The Balaban J connectivity index is 0.00000225. The number of piperazine rings is 1. The predicted octanol–water partition coefficient (Wildman–Crippen LogP) is 1.82. The Labute approximate surface area is 156 Å². The Morgan fingerprint density at radius 1 is 1.00 bits per heavy atom. The van der Waals surface area contributed by atoms with Crippen molar-refractivity contribution in [3.05, 3.63) is 35.9 Å². The van der Waals surface area contributed by atoms with Crippen molar-refractivity contribution in [2.75, 3.05) is 45.8 Å². The summed E-state index contributed by atoms with van der Waals surface area (Å²) in [5.74, 6) is 0.665. The lowest BCUT2D eigenvalue weighted by molar-refractivity contribution is -0.132. The minimum atomic E-state index is 0. The topological polar surface area (TPSA) is 52.7 Å². The zero-order valence-corrected chi connectivity index (χ0v) is 15.5. The number of amides is 1. The molecule has 1 N–H and O–H groups in total. The molecular formula is C19H28ClN3O2. The van der Waals surface area contributed by atoms with Crippen molar-refractivity contribution >= 4 is 24.1 Å². The fourth-order valence-electron chi connectivity index (χ4n) is 3.58. The highest BCUT2D eigenvalue weighted by Gasteiger charge is 2.26.